The van der Waals surface area contributed by atoms with Crippen LogP contribution in [0.5, 0.6) is 0 Å². The van der Waals surface area contributed by atoms with Gasteiger partial charge in [-0.1, -0.05) is 6.08 Å². The summed E-state index contributed by atoms with van der Waals surface area (Å²) in [6.45, 7) is 2.39. The number of methoxy groups -OCH3 is 1. The highest BCUT2D eigenvalue weighted by atomic mass is 16.5. The molecule has 4 nitrogen and oxygen atoms in total. The van der Waals surface area contributed by atoms with Gasteiger partial charge >= 0.3 is 5.97 Å². The average Bonchev–Trinajstić information content (AvgIpc) is 2.70. The topological polar surface area (TPSA) is 38.8 Å². The van der Waals surface area contributed by atoms with Crippen molar-refractivity contribution >= 4 is 5.97 Å². The van der Waals surface area contributed by atoms with Gasteiger partial charge < -0.3 is 9.47 Å². The summed E-state index contributed by atoms with van der Waals surface area (Å²) in [6.07, 6.45) is 4.33. The Morgan fingerprint density at radius 2 is 2.50 bits per heavy atom. The minimum atomic E-state index is -0.305. The molecule has 1 fully saturated rings. The van der Waals surface area contributed by atoms with E-state index in [2.05, 4.69) is 9.64 Å². The molecule has 1 saturated heterocycles. The largest absolute Gasteiger partial charge is 0.466 e. The van der Waals surface area contributed by atoms with E-state index in [9.17, 15) is 4.79 Å². The first-order valence-corrected chi connectivity index (χ1v) is 4.76. The number of hydrogen-bond donors (Lipinski definition) is 0. The maximum atomic E-state index is 10.8. The third-order valence-electron chi connectivity index (χ3n) is 2.38. The van der Waals surface area contributed by atoms with E-state index in [-0.39, 0.29) is 5.97 Å². The monoisotopic (exact) mass is 199 g/mol. The summed E-state index contributed by atoms with van der Waals surface area (Å²) in [5.74, 6) is -0.305. The van der Waals surface area contributed by atoms with Crippen molar-refractivity contribution in [2.45, 2.75) is 12.5 Å². The molecule has 0 radical (unpaired) electrons. The van der Waals surface area contributed by atoms with Crippen molar-refractivity contribution < 1.29 is 14.3 Å². The molecule has 1 aliphatic heterocycles. The van der Waals surface area contributed by atoms with Gasteiger partial charge in [-0.05, 0) is 13.5 Å². The van der Waals surface area contributed by atoms with Crippen LogP contribution in [-0.4, -0.2) is 50.8 Å². The Bertz CT molecular complexity index is 209. The maximum absolute atomic E-state index is 10.8. The summed E-state index contributed by atoms with van der Waals surface area (Å²) in [7, 11) is 3.40. The van der Waals surface area contributed by atoms with Gasteiger partial charge in [-0.15, -0.1) is 0 Å². The summed E-state index contributed by atoms with van der Waals surface area (Å²) < 4.78 is 9.76. The first-order valence-electron chi connectivity index (χ1n) is 4.76. The molecule has 1 atom stereocenters. The lowest BCUT2D eigenvalue weighted by molar-refractivity contribution is -0.134. The van der Waals surface area contributed by atoms with E-state index in [0.717, 1.165) is 26.2 Å². The molecule has 0 aromatic rings. The van der Waals surface area contributed by atoms with Crippen LogP contribution in [-0.2, 0) is 14.3 Å². The number of rotatable bonds is 4. The molecule has 0 spiro atoms. The molecule has 4 heteroatoms. The summed E-state index contributed by atoms with van der Waals surface area (Å²) in [5, 5.41) is 0. The summed E-state index contributed by atoms with van der Waals surface area (Å²) in [5.41, 5.74) is 0. The predicted octanol–water partition coefficient (Wildman–Crippen LogP) is 0.436. The zero-order valence-electron chi connectivity index (χ0n) is 8.73. The zero-order chi connectivity index (χ0) is 10.4. The molecule has 0 amide bonds. The van der Waals surface area contributed by atoms with Gasteiger partial charge in [0.2, 0.25) is 0 Å². The molecule has 80 valence electrons. The van der Waals surface area contributed by atoms with Crippen molar-refractivity contribution in [2.75, 3.05) is 33.9 Å². The van der Waals surface area contributed by atoms with Crippen LogP contribution in [0.25, 0.3) is 0 Å². The molecular weight excluding hydrogens is 182 g/mol. The van der Waals surface area contributed by atoms with E-state index in [4.69, 9.17) is 4.74 Å². The van der Waals surface area contributed by atoms with E-state index >= 15 is 0 Å². The molecule has 1 rings (SSSR count). The Hall–Kier alpha value is -0.870. The number of esters is 1. The minimum absolute atomic E-state index is 0.305. The predicted molar refractivity (Wildman–Crippen MR) is 53.0 cm³/mol. The van der Waals surface area contributed by atoms with Crippen LogP contribution in [0.1, 0.15) is 6.42 Å². The lowest BCUT2D eigenvalue weighted by Crippen LogP contribution is -2.32. The Kier molecular flexibility index (Phi) is 4.62. The normalized spacial score (nSPS) is 22.1. The van der Waals surface area contributed by atoms with Crippen LogP contribution >= 0.6 is 0 Å². The van der Waals surface area contributed by atoms with Crippen LogP contribution < -0.4 is 0 Å². The van der Waals surface area contributed by atoms with E-state index in [1.807, 2.05) is 13.1 Å². The van der Waals surface area contributed by atoms with Gasteiger partial charge in [-0.2, -0.15) is 0 Å². The number of carbonyl (C=O) groups is 1. The van der Waals surface area contributed by atoms with E-state index in [0.29, 0.717) is 6.04 Å². The van der Waals surface area contributed by atoms with E-state index < -0.39 is 0 Å². The minimum Gasteiger partial charge on any atom is -0.466 e. The standard InChI is InChI=1S/C10H17NO3/c1-11(9-5-7-14-8-9)6-3-4-10(12)13-2/h3-4,9H,5-8H2,1-2H3/t9-/m1/s1. The lowest BCUT2D eigenvalue weighted by atomic mass is 10.2. The number of ether oxygens (including phenoxy) is 2. The molecule has 14 heavy (non-hydrogen) atoms. The van der Waals surface area contributed by atoms with Crippen molar-refractivity contribution in [1.29, 1.82) is 0 Å². The Morgan fingerprint density at radius 3 is 3.07 bits per heavy atom. The van der Waals surface area contributed by atoms with E-state index in [1.165, 1.54) is 13.2 Å². The van der Waals surface area contributed by atoms with Gasteiger partial charge in [0.15, 0.2) is 0 Å². The average molecular weight is 199 g/mol. The second-order valence-electron chi connectivity index (χ2n) is 3.38. The number of hydrogen-bond acceptors (Lipinski definition) is 4. The fourth-order valence-electron chi connectivity index (χ4n) is 1.40. The van der Waals surface area contributed by atoms with Crippen LogP contribution in [0.3, 0.4) is 0 Å². The summed E-state index contributed by atoms with van der Waals surface area (Å²) >= 11 is 0. The van der Waals surface area contributed by atoms with Gasteiger partial charge in [0.25, 0.3) is 0 Å². The third kappa shape index (κ3) is 3.47. The molecule has 1 aliphatic rings. The quantitative estimate of drug-likeness (QED) is 0.486. The van der Waals surface area contributed by atoms with Crippen molar-refractivity contribution in [3.63, 3.8) is 0 Å². The fraction of sp³-hybridized carbons (Fsp3) is 0.700. The fourth-order valence-corrected chi connectivity index (χ4v) is 1.40. The van der Waals surface area contributed by atoms with Gasteiger partial charge in [-0.25, -0.2) is 4.79 Å². The lowest BCUT2D eigenvalue weighted by Gasteiger charge is -2.20. The highest BCUT2D eigenvalue weighted by molar-refractivity contribution is 5.81. The molecule has 0 aliphatic carbocycles. The summed E-state index contributed by atoms with van der Waals surface area (Å²) in [4.78, 5) is 12.9. The Balaban J connectivity index is 2.22. The van der Waals surface area contributed by atoms with Crippen LogP contribution in [0.2, 0.25) is 0 Å². The van der Waals surface area contributed by atoms with Crippen molar-refractivity contribution in [2.24, 2.45) is 0 Å². The molecule has 0 bridgehead atoms. The maximum Gasteiger partial charge on any atom is 0.330 e. The Labute approximate surface area is 84.5 Å². The third-order valence-corrected chi connectivity index (χ3v) is 2.38. The van der Waals surface area contributed by atoms with E-state index in [1.54, 1.807) is 0 Å². The highest BCUT2D eigenvalue weighted by Gasteiger charge is 2.18. The van der Waals surface area contributed by atoms with Gasteiger partial charge in [0, 0.05) is 25.3 Å². The number of nitrogens with zero attached hydrogens (tertiary/aromatic N) is 1. The molecule has 1 heterocycles. The van der Waals surface area contributed by atoms with Crippen molar-refractivity contribution in [3.05, 3.63) is 12.2 Å². The molecule has 0 aromatic heterocycles. The van der Waals surface area contributed by atoms with Crippen LogP contribution in [0.15, 0.2) is 12.2 Å². The summed E-state index contributed by atoms with van der Waals surface area (Å²) in [6, 6.07) is 0.484. The molecule has 0 N–H and O–H groups in total. The second kappa shape index (κ2) is 5.78. The van der Waals surface area contributed by atoms with Gasteiger partial charge in [0.05, 0.1) is 13.7 Å². The zero-order valence-corrected chi connectivity index (χ0v) is 8.73. The van der Waals surface area contributed by atoms with Crippen LogP contribution in [0.4, 0.5) is 0 Å². The second-order valence-corrected chi connectivity index (χ2v) is 3.38. The van der Waals surface area contributed by atoms with Gasteiger partial charge in [0.1, 0.15) is 0 Å². The molecule has 0 saturated carbocycles. The van der Waals surface area contributed by atoms with Crippen molar-refractivity contribution in [1.82, 2.24) is 4.90 Å². The molecule has 0 aromatic carbocycles. The SMILES string of the molecule is COC(=O)C=CCN(C)[C@@H]1CCOC1. The van der Waals surface area contributed by atoms with Crippen molar-refractivity contribution in [3.8, 4) is 0 Å². The smallest absolute Gasteiger partial charge is 0.330 e. The number of likely N-dealkylation sites (N-methyl/N-ethyl adjacent to an activating group) is 1. The molecular formula is C10H17NO3. The number of carbonyl (C=O) groups excluding carboxylic acids is 1. The van der Waals surface area contributed by atoms with Gasteiger partial charge in [-0.3, -0.25) is 4.90 Å². The first kappa shape index (κ1) is 11.2. The molecule has 0 unspecified atom stereocenters. The highest BCUT2D eigenvalue weighted by Crippen LogP contribution is 2.09. The Morgan fingerprint density at radius 1 is 1.71 bits per heavy atom. The van der Waals surface area contributed by atoms with Crippen LogP contribution in [0, 0.1) is 0 Å². The first-order chi connectivity index (χ1) is 6.74.